The summed E-state index contributed by atoms with van der Waals surface area (Å²) < 4.78 is 5.18. The molecular weight excluding hydrogens is 216 g/mol. The number of ether oxygens (including phenoxy) is 1. The Balaban J connectivity index is 3.12. The Kier molecular flexibility index (Phi) is 3.35. The van der Waals surface area contributed by atoms with Gasteiger partial charge in [0.25, 0.3) is 0 Å². The van der Waals surface area contributed by atoms with Crippen LogP contribution in [0.15, 0.2) is 23.2 Å². The summed E-state index contributed by atoms with van der Waals surface area (Å²) in [4.78, 5) is 1.82. The third-order valence-electron chi connectivity index (χ3n) is 1.63. The van der Waals surface area contributed by atoms with Gasteiger partial charge < -0.3 is 4.74 Å². The van der Waals surface area contributed by atoms with E-state index in [4.69, 9.17) is 4.74 Å². The average Bonchev–Trinajstić information content (AvgIpc) is 2.05. The first-order chi connectivity index (χ1) is 5.77. The van der Waals surface area contributed by atoms with Gasteiger partial charge in [0.2, 0.25) is 0 Å². The molecule has 1 aromatic carbocycles. The van der Waals surface area contributed by atoms with E-state index >= 15 is 0 Å². The Bertz CT molecular complexity index is 292. The lowest BCUT2D eigenvalue weighted by Gasteiger charge is -2.04. The van der Waals surface area contributed by atoms with Gasteiger partial charge in [0.05, 0.1) is 7.11 Å². The third kappa shape index (κ3) is 2.11. The number of methoxy groups -OCH3 is 1. The zero-order valence-electron chi connectivity index (χ0n) is 7.17. The number of hydrogen-bond donors (Lipinski definition) is 0. The number of rotatable bonds is 2. The summed E-state index contributed by atoms with van der Waals surface area (Å²) in [6, 6.07) is 6.08. The molecule has 0 fully saturated rings. The molecule has 0 saturated carbocycles. The molecule has 0 amide bonds. The maximum Gasteiger partial charge on any atom is 0.126 e. The molecule has 0 saturated heterocycles. The van der Waals surface area contributed by atoms with Crippen molar-refractivity contribution in [2.24, 2.45) is 0 Å². The molecule has 1 nitrogen and oxygen atoms in total. The monoisotopic (exact) mass is 226 g/mol. The molecular formula is C10H11BrO. The fourth-order valence-electron chi connectivity index (χ4n) is 1.05. The van der Waals surface area contributed by atoms with Crippen LogP contribution in [0.2, 0.25) is 0 Å². The minimum absolute atomic E-state index is 0.899. The minimum atomic E-state index is 0.899. The second-order valence-electron chi connectivity index (χ2n) is 2.54. The Labute approximate surface area is 81.2 Å². The van der Waals surface area contributed by atoms with E-state index in [1.165, 1.54) is 5.56 Å². The van der Waals surface area contributed by atoms with E-state index < -0.39 is 0 Å². The van der Waals surface area contributed by atoms with Crippen molar-refractivity contribution in [3.63, 3.8) is 0 Å². The quantitative estimate of drug-likeness (QED) is 0.752. The van der Waals surface area contributed by atoms with Crippen molar-refractivity contribution in [1.29, 1.82) is 0 Å². The number of benzene rings is 1. The average molecular weight is 227 g/mol. The molecule has 0 aromatic heterocycles. The van der Waals surface area contributed by atoms with Gasteiger partial charge in [-0.3, -0.25) is 0 Å². The predicted octanol–water partition coefficient (Wildman–Crippen LogP) is 3.37. The highest BCUT2D eigenvalue weighted by Gasteiger charge is 1.97. The number of halogens is 1. The molecule has 0 bridgehead atoms. The summed E-state index contributed by atoms with van der Waals surface area (Å²) in [7, 11) is 1.68. The lowest BCUT2D eigenvalue weighted by atomic mass is 10.1. The Morgan fingerprint density at radius 2 is 2.17 bits per heavy atom. The van der Waals surface area contributed by atoms with Crippen LogP contribution in [0.4, 0.5) is 0 Å². The first kappa shape index (κ1) is 9.33. The molecule has 12 heavy (non-hydrogen) atoms. The van der Waals surface area contributed by atoms with E-state index in [9.17, 15) is 0 Å². The molecule has 0 atom stereocenters. The lowest BCUT2D eigenvalue weighted by Crippen LogP contribution is -1.86. The van der Waals surface area contributed by atoms with Gasteiger partial charge in [-0.25, -0.2) is 0 Å². The van der Waals surface area contributed by atoms with Crippen LogP contribution < -0.4 is 4.74 Å². The van der Waals surface area contributed by atoms with Gasteiger partial charge in [-0.05, 0) is 30.1 Å². The Morgan fingerprint density at radius 3 is 2.75 bits per heavy atom. The van der Waals surface area contributed by atoms with Crippen molar-refractivity contribution in [2.75, 3.05) is 7.11 Å². The largest absolute Gasteiger partial charge is 0.496 e. The zero-order chi connectivity index (χ0) is 8.97. The van der Waals surface area contributed by atoms with Crippen molar-refractivity contribution in [3.8, 4) is 5.75 Å². The van der Waals surface area contributed by atoms with Crippen LogP contribution in [-0.4, -0.2) is 7.11 Å². The van der Waals surface area contributed by atoms with Crippen LogP contribution in [0.25, 0.3) is 6.08 Å². The molecule has 1 rings (SSSR count). The first-order valence-corrected chi connectivity index (χ1v) is 4.61. The van der Waals surface area contributed by atoms with Crippen LogP contribution in [0.1, 0.15) is 11.1 Å². The van der Waals surface area contributed by atoms with Gasteiger partial charge in [0.1, 0.15) is 5.75 Å². The van der Waals surface area contributed by atoms with Crippen LogP contribution in [0.5, 0.6) is 5.75 Å². The molecule has 64 valence electrons. The molecule has 0 radical (unpaired) electrons. The van der Waals surface area contributed by atoms with Crippen molar-refractivity contribution in [3.05, 3.63) is 34.3 Å². The van der Waals surface area contributed by atoms with Crippen molar-refractivity contribution in [1.82, 2.24) is 0 Å². The van der Waals surface area contributed by atoms with Gasteiger partial charge in [0, 0.05) is 5.56 Å². The summed E-state index contributed by atoms with van der Waals surface area (Å²) in [5, 5.41) is 0. The molecule has 0 aliphatic heterocycles. The molecule has 0 aliphatic carbocycles. The van der Waals surface area contributed by atoms with Gasteiger partial charge in [-0.15, -0.1) is 0 Å². The fraction of sp³-hybridized carbons (Fsp3) is 0.200. The fourth-order valence-corrected chi connectivity index (χ4v) is 1.34. The molecule has 0 spiro atoms. The summed E-state index contributed by atoms with van der Waals surface area (Å²) >= 11 is 3.24. The molecule has 2 heteroatoms. The highest BCUT2D eigenvalue weighted by Crippen LogP contribution is 2.21. The van der Waals surface area contributed by atoms with Gasteiger partial charge >= 0.3 is 0 Å². The van der Waals surface area contributed by atoms with Gasteiger partial charge in [0.15, 0.2) is 0 Å². The summed E-state index contributed by atoms with van der Waals surface area (Å²) in [5.41, 5.74) is 2.32. The Morgan fingerprint density at radius 1 is 1.42 bits per heavy atom. The smallest absolute Gasteiger partial charge is 0.126 e. The second kappa shape index (κ2) is 4.31. The van der Waals surface area contributed by atoms with E-state index in [0.717, 1.165) is 11.3 Å². The first-order valence-electron chi connectivity index (χ1n) is 3.69. The van der Waals surface area contributed by atoms with E-state index in [2.05, 4.69) is 28.9 Å². The van der Waals surface area contributed by atoms with E-state index in [0.29, 0.717) is 0 Å². The number of hydrogen-bond acceptors (Lipinski definition) is 1. The third-order valence-corrected chi connectivity index (χ3v) is 1.89. The molecule has 0 N–H and O–H groups in total. The molecule has 0 heterocycles. The standard InChI is InChI=1S/C10H11BrO/c1-8-3-4-10(12-2)9(7-8)5-6-11/h3-7H,1-2H3/b6-5+. The van der Waals surface area contributed by atoms with Gasteiger partial charge in [-0.2, -0.15) is 0 Å². The van der Waals surface area contributed by atoms with E-state index in [1.807, 2.05) is 23.2 Å². The zero-order valence-corrected chi connectivity index (χ0v) is 8.76. The van der Waals surface area contributed by atoms with Crippen LogP contribution in [0.3, 0.4) is 0 Å². The summed E-state index contributed by atoms with van der Waals surface area (Å²) in [5.74, 6) is 0.899. The highest BCUT2D eigenvalue weighted by atomic mass is 79.9. The topological polar surface area (TPSA) is 9.23 Å². The Hall–Kier alpha value is -0.760. The van der Waals surface area contributed by atoms with Gasteiger partial charge in [-0.1, -0.05) is 27.6 Å². The lowest BCUT2D eigenvalue weighted by molar-refractivity contribution is 0.414. The second-order valence-corrected chi connectivity index (χ2v) is 3.07. The van der Waals surface area contributed by atoms with Crippen LogP contribution in [0, 0.1) is 6.92 Å². The molecule has 0 unspecified atom stereocenters. The normalized spacial score (nSPS) is 10.6. The van der Waals surface area contributed by atoms with Crippen molar-refractivity contribution >= 4 is 22.0 Å². The predicted molar refractivity (Wildman–Crippen MR) is 55.7 cm³/mol. The maximum atomic E-state index is 5.18. The van der Waals surface area contributed by atoms with Crippen molar-refractivity contribution < 1.29 is 4.74 Å². The number of aryl methyl sites for hydroxylation is 1. The highest BCUT2D eigenvalue weighted by molar-refractivity contribution is 9.11. The minimum Gasteiger partial charge on any atom is -0.496 e. The van der Waals surface area contributed by atoms with Crippen LogP contribution in [-0.2, 0) is 0 Å². The van der Waals surface area contributed by atoms with E-state index in [-0.39, 0.29) is 0 Å². The maximum absolute atomic E-state index is 5.18. The van der Waals surface area contributed by atoms with Crippen molar-refractivity contribution in [2.45, 2.75) is 6.92 Å². The summed E-state index contributed by atoms with van der Waals surface area (Å²) in [6.07, 6.45) is 1.96. The van der Waals surface area contributed by atoms with Crippen LogP contribution >= 0.6 is 15.9 Å². The molecule has 1 aromatic rings. The SMILES string of the molecule is COc1ccc(C)cc1/C=C/Br. The molecule has 0 aliphatic rings. The summed E-state index contributed by atoms with van der Waals surface area (Å²) in [6.45, 7) is 2.06. The van der Waals surface area contributed by atoms with E-state index in [1.54, 1.807) is 7.11 Å².